The quantitative estimate of drug-likeness (QED) is 0.534. The summed E-state index contributed by atoms with van der Waals surface area (Å²) in [5.74, 6) is 0. The van der Waals surface area contributed by atoms with Gasteiger partial charge in [0.2, 0.25) is 0 Å². The molecule has 1 nitrogen and oxygen atoms in total. The Morgan fingerprint density at radius 3 is 2.50 bits per heavy atom. The van der Waals surface area contributed by atoms with Gasteiger partial charge in [0.05, 0.1) is 9.52 Å². The molecule has 2 heteroatoms. The van der Waals surface area contributed by atoms with Crippen LogP contribution in [0.4, 0.5) is 0 Å². The fourth-order valence-electron chi connectivity index (χ4n) is 1.09. The van der Waals surface area contributed by atoms with Gasteiger partial charge in [-0.3, -0.25) is 4.98 Å². The zero-order valence-electron chi connectivity index (χ0n) is 6.81. The lowest BCUT2D eigenvalue weighted by molar-refractivity contribution is 1.14. The molecule has 10 heavy (non-hydrogen) atoms. The molecule has 0 fully saturated rings. The second-order valence-corrected chi connectivity index (χ2v) is 4.02. The Hall–Kier alpha value is -0.633. The van der Waals surface area contributed by atoms with E-state index in [9.17, 15) is 0 Å². The Labute approximate surface area is 64.3 Å². The summed E-state index contributed by atoms with van der Waals surface area (Å²) in [5.41, 5.74) is 2.36. The van der Waals surface area contributed by atoms with Crippen molar-refractivity contribution in [1.29, 1.82) is 0 Å². The van der Waals surface area contributed by atoms with Gasteiger partial charge in [-0.15, -0.1) is 0 Å². The van der Waals surface area contributed by atoms with Crippen molar-refractivity contribution < 1.29 is 0 Å². The van der Waals surface area contributed by atoms with Crippen LogP contribution in [0.1, 0.15) is 11.4 Å². The molecule has 0 amide bonds. The van der Waals surface area contributed by atoms with E-state index in [4.69, 9.17) is 0 Å². The minimum absolute atomic E-state index is 0.0162. The van der Waals surface area contributed by atoms with Crippen LogP contribution in [0.15, 0.2) is 12.1 Å². The van der Waals surface area contributed by atoms with Crippen LogP contribution < -0.4 is 5.19 Å². The van der Waals surface area contributed by atoms with Gasteiger partial charge in [0.1, 0.15) is 0 Å². The first kappa shape index (κ1) is 7.47. The van der Waals surface area contributed by atoms with Gasteiger partial charge in [-0.25, -0.2) is 0 Å². The molecule has 0 aromatic carbocycles. The highest BCUT2D eigenvalue weighted by Gasteiger charge is 1.95. The molecular weight excluding hydrogens is 138 g/mol. The third-order valence-corrected chi connectivity index (χ3v) is 3.22. The van der Waals surface area contributed by atoms with Crippen molar-refractivity contribution in [2.24, 2.45) is 0 Å². The average molecular weight is 151 g/mol. The third-order valence-electron chi connectivity index (χ3n) is 1.72. The minimum Gasteiger partial charge on any atom is -0.259 e. The van der Waals surface area contributed by atoms with Crippen LogP contribution in [0.3, 0.4) is 0 Å². The molecule has 0 unspecified atom stereocenters. The Kier molecular flexibility index (Phi) is 2.22. The van der Waals surface area contributed by atoms with E-state index in [-0.39, 0.29) is 9.52 Å². The molecule has 0 aliphatic heterocycles. The predicted octanol–water partition coefficient (Wildman–Crippen LogP) is 0.541. The highest BCUT2D eigenvalue weighted by molar-refractivity contribution is 6.52. The molecule has 1 rings (SSSR count). The fraction of sp³-hybridized carbons (Fsp3) is 0.375. The average Bonchev–Trinajstić information content (AvgIpc) is 1.88. The van der Waals surface area contributed by atoms with Gasteiger partial charge < -0.3 is 0 Å². The maximum atomic E-state index is 4.38. The summed E-state index contributed by atoms with van der Waals surface area (Å²) in [6, 6.07) is 4.31. The highest BCUT2D eigenvalue weighted by atomic mass is 28.2. The van der Waals surface area contributed by atoms with Gasteiger partial charge in [-0.05, 0) is 25.1 Å². The van der Waals surface area contributed by atoms with Gasteiger partial charge in [0, 0.05) is 11.4 Å². The van der Waals surface area contributed by atoms with Crippen molar-refractivity contribution in [2.75, 3.05) is 0 Å². The van der Waals surface area contributed by atoms with Gasteiger partial charge >= 0.3 is 0 Å². The molecule has 0 aliphatic carbocycles. The zero-order chi connectivity index (χ0) is 7.56. The second-order valence-electron chi connectivity index (χ2n) is 2.55. The molecule has 0 N–H and O–H groups in total. The van der Waals surface area contributed by atoms with Crippen LogP contribution in [-0.2, 0) is 0 Å². The van der Waals surface area contributed by atoms with Crippen LogP contribution in [0.25, 0.3) is 0 Å². The molecule has 1 heterocycles. The van der Waals surface area contributed by atoms with E-state index >= 15 is 0 Å². The Morgan fingerprint density at radius 1 is 1.30 bits per heavy atom. The van der Waals surface area contributed by atoms with E-state index in [1.807, 2.05) is 6.92 Å². The Bertz CT molecular complexity index is 233. The lowest BCUT2D eigenvalue weighted by atomic mass is 10.3. The standard InChI is InChI=1S/C8H13NSi/c1-6-4-5-8(10-3)7(2)9-6/h4-5H,10H2,1-3H3. The number of hydrogen-bond donors (Lipinski definition) is 0. The zero-order valence-corrected chi connectivity index (χ0v) is 8.22. The van der Waals surface area contributed by atoms with Gasteiger partial charge in [0.15, 0.2) is 0 Å². The number of nitrogens with zero attached hydrogens (tertiary/aromatic N) is 1. The van der Waals surface area contributed by atoms with E-state index in [1.165, 1.54) is 10.9 Å². The Morgan fingerprint density at radius 2 is 2.00 bits per heavy atom. The van der Waals surface area contributed by atoms with Crippen molar-refractivity contribution in [3.05, 3.63) is 23.5 Å². The molecule has 0 radical (unpaired) electrons. The van der Waals surface area contributed by atoms with Crippen LogP contribution in [0.5, 0.6) is 0 Å². The number of pyridine rings is 1. The normalized spacial score (nSPS) is 11.1. The van der Waals surface area contributed by atoms with Gasteiger partial charge in [-0.1, -0.05) is 12.6 Å². The summed E-state index contributed by atoms with van der Waals surface area (Å²) in [4.78, 5) is 4.38. The maximum absolute atomic E-state index is 4.38. The number of hydrogen-bond acceptors (Lipinski definition) is 1. The monoisotopic (exact) mass is 151 g/mol. The van der Waals surface area contributed by atoms with Crippen molar-refractivity contribution in [3.63, 3.8) is 0 Å². The van der Waals surface area contributed by atoms with E-state index in [0.717, 1.165) is 5.69 Å². The van der Waals surface area contributed by atoms with Crippen molar-refractivity contribution in [1.82, 2.24) is 4.98 Å². The van der Waals surface area contributed by atoms with Crippen molar-refractivity contribution in [2.45, 2.75) is 20.4 Å². The van der Waals surface area contributed by atoms with Crippen LogP contribution >= 0.6 is 0 Å². The first-order valence-electron chi connectivity index (χ1n) is 3.67. The highest BCUT2D eigenvalue weighted by Crippen LogP contribution is 1.92. The number of rotatable bonds is 1. The summed E-state index contributed by atoms with van der Waals surface area (Å²) in [7, 11) is -0.0162. The molecule has 0 bridgehead atoms. The minimum atomic E-state index is -0.0162. The van der Waals surface area contributed by atoms with Crippen molar-refractivity contribution in [3.8, 4) is 0 Å². The largest absolute Gasteiger partial charge is 0.259 e. The first-order chi connectivity index (χ1) is 4.74. The van der Waals surface area contributed by atoms with E-state index in [2.05, 4.69) is 30.6 Å². The molecule has 54 valence electrons. The summed E-state index contributed by atoms with van der Waals surface area (Å²) in [5, 5.41) is 1.49. The van der Waals surface area contributed by atoms with Crippen LogP contribution in [0.2, 0.25) is 6.55 Å². The molecule has 0 aliphatic rings. The molecular formula is C8H13NSi. The predicted molar refractivity (Wildman–Crippen MR) is 47.8 cm³/mol. The molecule has 0 saturated carbocycles. The number of aryl methyl sites for hydroxylation is 2. The van der Waals surface area contributed by atoms with Gasteiger partial charge in [0.25, 0.3) is 0 Å². The fourth-order valence-corrected chi connectivity index (χ4v) is 2.03. The smallest absolute Gasteiger partial charge is 0.0540 e. The second kappa shape index (κ2) is 2.97. The maximum Gasteiger partial charge on any atom is 0.0540 e. The molecule has 1 aromatic heterocycles. The van der Waals surface area contributed by atoms with Crippen molar-refractivity contribution >= 4 is 14.7 Å². The molecule has 0 atom stereocenters. The van der Waals surface area contributed by atoms with E-state index in [0.29, 0.717) is 0 Å². The van der Waals surface area contributed by atoms with Crippen LogP contribution in [-0.4, -0.2) is 14.5 Å². The lowest BCUT2D eigenvalue weighted by Crippen LogP contribution is -2.15. The molecule has 1 aromatic rings. The summed E-state index contributed by atoms with van der Waals surface area (Å²) in [6.07, 6.45) is 0. The number of aromatic nitrogens is 1. The summed E-state index contributed by atoms with van der Waals surface area (Å²) >= 11 is 0. The topological polar surface area (TPSA) is 12.9 Å². The van der Waals surface area contributed by atoms with E-state index < -0.39 is 0 Å². The third kappa shape index (κ3) is 1.45. The van der Waals surface area contributed by atoms with E-state index in [1.54, 1.807) is 0 Å². The summed E-state index contributed by atoms with van der Waals surface area (Å²) < 4.78 is 0. The van der Waals surface area contributed by atoms with Gasteiger partial charge in [-0.2, -0.15) is 0 Å². The first-order valence-corrected chi connectivity index (χ1v) is 5.79. The molecule has 0 saturated heterocycles. The SMILES string of the molecule is C[SiH2]c1ccc(C)nc1C. The van der Waals surface area contributed by atoms with Crippen LogP contribution in [0, 0.1) is 13.8 Å². The molecule has 0 spiro atoms. The Balaban J connectivity index is 3.07. The lowest BCUT2D eigenvalue weighted by Gasteiger charge is -2.00. The summed E-state index contributed by atoms with van der Waals surface area (Å²) in [6.45, 7) is 6.42.